The Kier molecular flexibility index (Phi) is 6.37. The molecule has 5 nitrogen and oxygen atoms in total. The maximum atomic E-state index is 13.4. The van der Waals surface area contributed by atoms with Crippen LogP contribution in [0.1, 0.15) is 35.6 Å². The van der Waals surface area contributed by atoms with E-state index < -0.39 is 0 Å². The largest absolute Gasteiger partial charge is 0.354 e. The second-order valence-corrected chi connectivity index (χ2v) is 7.21. The van der Waals surface area contributed by atoms with E-state index in [4.69, 9.17) is 0 Å². The first kappa shape index (κ1) is 19.5. The normalized spacial score (nSPS) is 10.7. The van der Waals surface area contributed by atoms with Crippen LogP contribution in [0.15, 0.2) is 66.7 Å². The van der Waals surface area contributed by atoms with Gasteiger partial charge in [-0.25, -0.2) is 9.97 Å². The van der Waals surface area contributed by atoms with E-state index in [1.54, 1.807) is 11.0 Å². The third kappa shape index (κ3) is 5.16. The summed E-state index contributed by atoms with van der Waals surface area (Å²) in [4.78, 5) is 24.0. The summed E-state index contributed by atoms with van der Waals surface area (Å²) < 4.78 is 0. The Hall–Kier alpha value is -3.21. The molecule has 1 aromatic heterocycles. The predicted octanol–water partition coefficient (Wildman–Crippen LogP) is 4.70. The molecule has 0 fully saturated rings. The number of hydrogen-bond donors (Lipinski definition) is 1. The van der Waals surface area contributed by atoms with Crippen molar-refractivity contribution in [3.05, 3.63) is 83.7 Å². The molecule has 0 bridgehead atoms. The fraction of sp³-hybridized carbons (Fsp3) is 0.261. The van der Waals surface area contributed by atoms with Gasteiger partial charge in [-0.15, -0.1) is 0 Å². The van der Waals surface area contributed by atoms with Gasteiger partial charge in [0, 0.05) is 17.9 Å². The van der Waals surface area contributed by atoms with Crippen LogP contribution in [0, 0.1) is 12.8 Å². The van der Waals surface area contributed by atoms with Gasteiger partial charge < -0.3 is 10.2 Å². The number of nitrogens with one attached hydrogen (secondary N) is 1. The van der Waals surface area contributed by atoms with Gasteiger partial charge in [-0.2, -0.15) is 0 Å². The van der Waals surface area contributed by atoms with Gasteiger partial charge in [-0.1, -0.05) is 62.4 Å². The SMILES string of the molecule is Cc1cc(C(=O)N(Cc2ccccc2)c2ccccc2)nc(NCC(C)C)n1. The minimum absolute atomic E-state index is 0.145. The van der Waals surface area contributed by atoms with E-state index in [0.717, 1.165) is 23.5 Å². The zero-order valence-electron chi connectivity index (χ0n) is 16.6. The summed E-state index contributed by atoms with van der Waals surface area (Å²) >= 11 is 0. The zero-order valence-corrected chi connectivity index (χ0v) is 16.6. The Balaban J connectivity index is 1.92. The summed E-state index contributed by atoms with van der Waals surface area (Å²) in [5, 5.41) is 3.22. The molecule has 144 valence electrons. The molecule has 1 N–H and O–H groups in total. The minimum Gasteiger partial charge on any atom is -0.354 e. The molecule has 0 aliphatic carbocycles. The van der Waals surface area contributed by atoms with Crippen LogP contribution in [0.3, 0.4) is 0 Å². The van der Waals surface area contributed by atoms with Crippen molar-refractivity contribution < 1.29 is 4.79 Å². The number of para-hydroxylation sites is 1. The molecule has 0 saturated carbocycles. The van der Waals surface area contributed by atoms with Crippen LogP contribution in [0.25, 0.3) is 0 Å². The molecule has 3 aromatic rings. The zero-order chi connectivity index (χ0) is 19.9. The van der Waals surface area contributed by atoms with Crippen molar-refractivity contribution in [2.75, 3.05) is 16.8 Å². The number of rotatable bonds is 7. The Morgan fingerprint density at radius 3 is 2.29 bits per heavy atom. The fourth-order valence-corrected chi connectivity index (χ4v) is 2.85. The summed E-state index contributed by atoms with van der Waals surface area (Å²) in [5.41, 5.74) is 3.05. The Labute approximate surface area is 166 Å². The second-order valence-electron chi connectivity index (χ2n) is 7.21. The highest BCUT2D eigenvalue weighted by atomic mass is 16.2. The lowest BCUT2D eigenvalue weighted by Gasteiger charge is -2.23. The van der Waals surface area contributed by atoms with Gasteiger partial charge in [0.2, 0.25) is 5.95 Å². The number of benzene rings is 2. The van der Waals surface area contributed by atoms with E-state index in [1.165, 1.54) is 0 Å². The number of nitrogens with zero attached hydrogens (tertiary/aromatic N) is 3. The smallest absolute Gasteiger partial charge is 0.277 e. The van der Waals surface area contributed by atoms with Crippen LogP contribution in [-0.2, 0) is 6.54 Å². The molecule has 1 heterocycles. The molecule has 5 heteroatoms. The number of amides is 1. The van der Waals surface area contributed by atoms with Gasteiger partial charge in [0.15, 0.2) is 0 Å². The standard InChI is InChI=1S/C23H26N4O/c1-17(2)15-24-23-25-18(3)14-21(26-23)22(28)27(20-12-8-5-9-13-20)16-19-10-6-4-7-11-19/h4-14,17H,15-16H2,1-3H3,(H,24,25,26). The van der Waals surface area contributed by atoms with Crippen LogP contribution in [0.4, 0.5) is 11.6 Å². The number of carbonyl (C=O) groups excluding carboxylic acids is 1. The van der Waals surface area contributed by atoms with E-state index in [9.17, 15) is 4.79 Å². The summed E-state index contributed by atoms with van der Waals surface area (Å²) in [6.45, 7) is 7.34. The lowest BCUT2D eigenvalue weighted by molar-refractivity contribution is 0.0980. The number of aryl methyl sites for hydroxylation is 1. The van der Waals surface area contributed by atoms with Gasteiger partial charge in [0.25, 0.3) is 5.91 Å². The molecule has 0 aliphatic heterocycles. The molecule has 0 atom stereocenters. The van der Waals surface area contributed by atoms with Gasteiger partial charge in [0.1, 0.15) is 5.69 Å². The van der Waals surface area contributed by atoms with E-state index in [2.05, 4.69) is 29.1 Å². The molecule has 28 heavy (non-hydrogen) atoms. The molecular formula is C23H26N4O. The molecule has 0 saturated heterocycles. The predicted molar refractivity (Wildman–Crippen MR) is 113 cm³/mol. The maximum absolute atomic E-state index is 13.4. The summed E-state index contributed by atoms with van der Waals surface area (Å²) in [6.07, 6.45) is 0. The minimum atomic E-state index is -0.145. The molecule has 1 amide bonds. The Bertz CT molecular complexity index is 910. The van der Waals surface area contributed by atoms with Crippen molar-refractivity contribution in [2.45, 2.75) is 27.3 Å². The monoisotopic (exact) mass is 374 g/mol. The maximum Gasteiger partial charge on any atom is 0.277 e. The van der Waals surface area contributed by atoms with Crippen LogP contribution in [-0.4, -0.2) is 22.4 Å². The lowest BCUT2D eigenvalue weighted by Crippen LogP contribution is -2.31. The van der Waals surface area contributed by atoms with E-state index in [-0.39, 0.29) is 5.91 Å². The highest BCUT2D eigenvalue weighted by molar-refractivity contribution is 6.04. The van der Waals surface area contributed by atoms with Crippen molar-refractivity contribution in [3.63, 3.8) is 0 Å². The number of hydrogen-bond acceptors (Lipinski definition) is 4. The van der Waals surface area contributed by atoms with Crippen molar-refractivity contribution >= 4 is 17.5 Å². The van der Waals surface area contributed by atoms with E-state index in [1.807, 2.05) is 67.6 Å². The van der Waals surface area contributed by atoms with Crippen molar-refractivity contribution in [3.8, 4) is 0 Å². The van der Waals surface area contributed by atoms with Crippen molar-refractivity contribution in [1.82, 2.24) is 9.97 Å². The van der Waals surface area contributed by atoms with E-state index in [0.29, 0.717) is 24.1 Å². The quantitative estimate of drug-likeness (QED) is 0.651. The van der Waals surface area contributed by atoms with Crippen LogP contribution >= 0.6 is 0 Å². The topological polar surface area (TPSA) is 58.1 Å². The molecule has 0 aliphatic rings. The Morgan fingerprint density at radius 2 is 1.64 bits per heavy atom. The van der Waals surface area contributed by atoms with Crippen molar-refractivity contribution in [2.24, 2.45) is 5.92 Å². The second kappa shape index (κ2) is 9.13. The van der Waals surface area contributed by atoms with Crippen LogP contribution in [0.2, 0.25) is 0 Å². The highest BCUT2D eigenvalue weighted by Crippen LogP contribution is 2.20. The number of aromatic nitrogens is 2. The van der Waals surface area contributed by atoms with Crippen LogP contribution < -0.4 is 10.2 Å². The highest BCUT2D eigenvalue weighted by Gasteiger charge is 2.20. The molecular weight excluding hydrogens is 348 g/mol. The third-order valence-corrected chi connectivity index (χ3v) is 4.24. The van der Waals surface area contributed by atoms with Crippen LogP contribution in [0.5, 0.6) is 0 Å². The third-order valence-electron chi connectivity index (χ3n) is 4.24. The summed E-state index contributed by atoms with van der Waals surface area (Å²) in [5.74, 6) is 0.806. The molecule has 3 rings (SSSR count). The summed E-state index contributed by atoms with van der Waals surface area (Å²) in [6, 6.07) is 21.4. The van der Waals surface area contributed by atoms with Gasteiger partial charge in [-0.3, -0.25) is 4.79 Å². The fourth-order valence-electron chi connectivity index (χ4n) is 2.85. The van der Waals surface area contributed by atoms with Crippen molar-refractivity contribution in [1.29, 1.82) is 0 Å². The molecule has 0 spiro atoms. The number of anilines is 2. The van der Waals surface area contributed by atoms with E-state index >= 15 is 0 Å². The first-order chi connectivity index (χ1) is 13.5. The molecule has 0 radical (unpaired) electrons. The van der Waals surface area contributed by atoms with Gasteiger partial charge in [-0.05, 0) is 36.6 Å². The summed E-state index contributed by atoms with van der Waals surface area (Å²) in [7, 11) is 0. The van der Waals surface area contributed by atoms with Gasteiger partial charge >= 0.3 is 0 Å². The number of carbonyl (C=O) groups is 1. The average Bonchev–Trinajstić information content (AvgIpc) is 2.71. The average molecular weight is 374 g/mol. The van der Waals surface area contributed by atoms with Gasteiger partial charge in [0.05, 0.1) is 6.54 Å². The molecule has 2 aromatic carbocycles. The first-order valence-corrected chi connectivity index (χ1v) is 9.53. The first-order valence-electron chi connectivity index (χ1n) is 9.53. The lowest BCUT2D eigenvalue weighted by atomic mass is 10.1. The molecule has 0 unspecified atom stereocenters. The Morgan fingerprint density at radius 1 is 1.00 bits per heavy atom.